The minimum atomic E-state index is -0.789. The van der Waals surface area contributed by atoms with Gasteiger partial charge in [0.25, 0.3) is 11.3 Å². The van der Waals surface area contributed by atoms with Crippen molar-refractivity contribution in [2.45, 2.75) is 26.9 Å². The first-order chi connectivity index (χ1) is 13.9. The zero-order chi connectivity index (χ0) is 21.0. The quantitative estimate of drug-likeness (QED) is 0.586. The first-order valence-corrected chi connectivity index (χ1v) is 8.88. The van der Waals surface area contributed by atoms with Crippen molar-refractivity contribution in [2.24, 2.45) is 0 Å². The van der Waals surface area contributed by atoms with Crippen LogP contribution < -0.4 is 15.6 Å². The van der Waals surface area contributed by atoms with Crippen molar-refractivity contribution in [3.63, 3.8) is 0 Å². The molecule has 0 fully saturated rings. The summed E-state index contributed by atoms with van der Waals surface area (Å²) in [4.78, 5) is 41.3. The molecule has 0 saturated heterocycles. The summed E-state index contributed by atoms with van der Waals surface area (Å²) in [6.07, 6.45) is 0. The summed E-state index contributed by atoms with van der Waals surface area (Å²) in [5.74, 6) is -0.251. The van der Waals surface area contributed by atoms with E-state index >= 15 is 0 Å². The standard InChI is InChI=1S/C19H20N4O6/c1-4-28-19(26)16-15-17(29-22-16)21-11(2)23(18(15)25)10-14(24)20-9-12-6-5-7-13(8-12)27-3/h5-8H,4,9-10H2,1-3H3,(H,20,24). The van der Waals surface area contributed by atoms with Crippen LogP contribution in [0.1, 0.15) is 28.8 Å². The molecule has 0 radical (unpaired) electrons. The van der Waals surface area contributed by atoms with Gasteiger partial charge in [-0.25, -0.2) is 4.79 Å². The molecule has 10 heteroatoms. The maximum Gasteiger partial charge on any atom is 0.361 e. The van der Waals surface area contributed by atoms with E-state index in [0.717, 1.165) is 10.1 Å². The molecular formula is C19H20N4O6. The Bertz CT molecular complexity index is 1120. The van der Waals surface area contributed by atoms with Gasteiger partial charge in [-0.3, -0.25) is 14.2 Å². The summed E-state index contributed by atoms with van der Waals surface area (Å²) in [5.41, 5.74) is -0.0965. The minimum absolute atomic E-state index is 0.0800. The molecule has 1 aromatic carbocycles. The molecule has 2 aromatic heterocycles. The number of fused-ring (bicyclic) bond motifs is 1. The first-order valence-electron chi connectivity index (χ1n) is 8.88. The third-order valence-electron chi connectivity index (χ3n) is 4.18. The number of nitrogens with zero attached hydrogens (tertiary/aromatic N) is 3. The fraction of sp³-hybridized carbons (Fsp3) is 0.316. The van der Waals surface area contributed by atoms with Gasteiger partial charge in [-0.1, -0.05) is 17.3 Å². The van der Waals surface area contributed by atoms with Gasteiger partial charge >= 0.3 is 5.97 Å². The molecule has 0 atom stereocenters. The van der Waals surface area contributed by atoms with Gasteiger partial charge in [0.2, 0.25) is 11.6 Å². The normalized spacial score (nSPS) is 10.7. The van der Waals surface area contributed by atoms with Crippen molar-refractivity contribution in [2.75, 3.05) is 13.7 Å². The minimum Gasteiger partial charge on any atom is -0.497 e. The number of amides is 1. The van der Waals surface area contributed by atoms with Crippen molar-refractivity contribution in [1.82, 2.24) is 20.0 Å². The van der Waals surface area contributed by atoms with Crippen molar-refractivity contribution in [3.05, 3.63) is 51.7 Å². The lowest BCUT2D eigenvalue weighted by Crippen LogP contribution is -2.34. The van der Waals surface area contributed by atoms with Gasteiger partial charge in [0.05, 0.1) is 13.7 Å². The molecule has 29 heavy (non-hydrogen) atoms. The molecule has 0 aliphatic heterocycles. The molecular weight excluding hydrogens is 380 g/mol. The number of methoxy groups -OCH3 is 1. The number of carbonyl (C=O) groups excluding carboxylic acids is 2. The molecule has 3 rings (SSSR count). The van der Waals surface area contributed by atoms with Crippen LogP contribution in [0.2, 0.25) is 0 Å². The summed E-state index contributed by atoms with van der Waals surface area (Å²) < 4.78 is 16.2. The molecule has 1 N–H and O–H groups in total. The van der Waals surface area contributed by atoms with Crippen LogP contribution in [-0.4, -0.2) is 40.3 Å². The summed E-state index contributed by atoms with van der Waals surface area (Å²) in [7, 11) is 1.56. The van der Waals surface area contributed by atoms with Crippen LogP contribution >= 0.6 is 0 Å². The van der Waals surface area contributed by atoms with Crippen LogP contribution in [0.3, 0.4) is 0 Å². The van der Waals surface area contributed by atoms with E-state index in [0.29, 0.717) is 5.75 Å². The molecule has 0 spiro atoms. The van der Waals surface area contributed by atoms with Crippen LogP contribution in [0.15, 0.2) is 33.6 Å². The highest BCUT2D eigenvalue weighted by molar-refractivity contribution is 5.99. The van der Waals surface area contributed by atoms with Gasteiger partial charge in [0.15, 0.2) is 0 Å². The zero-order valence-corrected chi connectivity index (χ0v) is 16.2. The van der Waals surface area contributed by atoms with E-state index in [2.05, 4.69) is 15.5 Å². The average Bonchev–Trinajstić information content (AvgIpc) is 3.14. The van der Waals surface area contributed by atoms with Gasteiger partial charge in [-0.15, -0.1) is 0 Å². The maximum absolute atomic E-state index is 12.9. The van der Waals surface area contributed by atoms with E-state index in [1.54, 1.807) is 33.1 Å². The number of hydrogen-bond acceptors (Lipinski definition) is 8. The zero-order valence-electron chi connectivity index (χ0n) is 16.2. The SMILES string of the molecule is CCOC(=O)c1noc2nc(C)n(CC(=O)NCc3cccc(OC)c3)c(=O)c12. The lowest BCUT2D eigenvalue weighted by Gasteiger charge is -2.10. The molecule has 0 aliphatic rings. The highest BCUT2D eigenvalue weighted by atomic mass is 16.5. The lowest BCUT2D eigenvalue weighted by atomic mass is 10.2. The fourth-order valence-electron chi connectivity index (χ4n) is 2.75. The predicted molar refractivity (Wildman–Crippen MR) is 102 cm³/mol. The number of benzene rings is 1. The molecule has 10 nitrogen and oxygen atoms in total. The molecule has 3 aromatic rings. The van der Waals surface area contributed by atoms with Crippen LogP contribution in [0.4, 0.5) is 0 Å². The number of carbonyl (C=O) groups is 2. The van der Waals surface area contributed by atoms with E-state index in [1.165, 1.54) is 0 Å². The molecule has 0 aliphatic carbocycles. The Morgan fingerprint density at radius 3 is 2.83 bits per heavy atom. The Morgan fingerprint density at radius 1 is 1.31 bits per heavy atom. The van der Waals surface area contributed by atoms with E-state index in [4.69, 9.17) is 14.0 Å². The van der Waals surface area contributed by atoms with Crippen molar-refractivity contribution in [3.8, 4) is 5.75 Å². The van der Waals surface area contributed by atoms with Gasteiger partial charge in [0.1, 0.15) is 23.5 Å². The second kappa shape index (κ2) is 8.55. The van der Waals surface area contributed by atoms with Gasteiger partial charge in [-0.2, -0.15) is 4.98 Å². The molecule has 0 unspecified atom stereocenters. The molecule has 0 bridgehead atoms. The topological polar surface area (TPSA) is 126 Å². The molecule has 152 valence electrons. The summed E-state index contributed by atoms with van der Waals surface area (Å²) >= 11 is 0. The van der Waals surface area contributed by atoms with E-state index in [1.807, 2.05) is 12.1 Å². The summed E-state index contributed by atoms with van der Waals surface area (Å²) in [6, 6.07) is 7.26. The Morgan fingerprint density at radius 2 is 2.10 bits per heavy atom. The number of nitrogens with one attached hydrogen (secondary N) is 1. The van der Waals surface area contributed by atoms with Gasteiger partial charge in [0, 0.05) is 6.54 Å². The predicted octanol–water partition coefficient (Wildman–Crippen LogP) is 1.19. The largest absolute Gasteiger partial charge is 0.497 e. The van der Waals surface area contributed by atoms with Gasteiger partial charge in [-0.05, 0) is 31.5 Å². The fourth-order valence-corrected chi connectivity index (χ4v) is 2.75. The van der Waals surface area contributed by atoms with Crippen molar-refractivity contribution < 1.29 is 23.6 Å². The number of esters is 1. The number of ether oxygens (including phenoxy) is 2. The van der Waals surface area contributed by atoms with E-state index in [-0.39, 0.29) is 42.3 Å². The van der Waals surface area contributed by atoms with Crippen LogP contribution in [0.25, 0.3) is 11.1 Å². The second-order valence-electron chi connectivity index (χ2n) is 6.11. The van der Waals surface area contributed by atoms with E-state index < -0.39 is 17.4 Å². The highest BCUT2D eigenvalue weighted by Gasteiger charge is 2.24. The first kappa shape index (κ1) is 20.1. The monoisotopic (exact) mass is 400 g/mol. The molecule has 1 amide bonds. The third kappa shape index (κ3) is 4.26. The Kier molecular flexibility index (Phi) is 5.91. The summed E-state index contributed by atoms with van der Waals surface area (Å²) in [5, 5.41) is 6.21. The van der Waals surface area contributed by atoms with E-state index in [9.17, 15) is 14.4 Å². The van der Waals surface area contributed by atoms with Crippen molar-refractivity contribution in [1.29, 1.82) is 0 Å². The van der Waals surface area contributed by atoms with Gasteiger partial charge < -0.3 is 19.3 Å². The molecule has 0 saturated carbocycles. The number of rotatable bonds is 7. The average molecular weight is 400 g/mol. The number of hydrogen-bond donors (Lipinski definition) is 1. The van der Waals surface area contributed by atoms with Crippen LogP contribution in [0, 0.1) is 6.92 Å². The maximum atomic E-state index is 12.9. The van der Waals surface area contributed by atoms with Crippen molar-refractivity contribution >= 4 is 23.0 Å². The lowest BCUT2D eigenvalue weighted by molar-refractivity contribution is -0.121. The number of aryl methyl sites for hydroxylation is 1. The smallest absolute Gasteiger partial charge is 0.361 e. The summed E-state index contributed by atoms with van der Waals surface area (Å²) in [6.45, 7) is 3.30. The van der Waals surface area contributed by atoms with Crippen LogP contribution in [-0.2, 0) is 22.6 Å². The highest BCUT2D eigenvalue weighted by Crippen LogP contribution is 2.14. The molecule has 2 heterocycles. The second-order valence-corrected chi connectivity index (χ2v) is 6.11. The van der Waals surface area contributed by atoms with Crippen LogP contribution in [0.5, 0.6) is 5.75 Å². The third-order valence-corrected chi connectivity index (χ3v) is 4.18. The Hall–Kier alpha value is -3.69. The Labute approximate surface area is 165 Å². The Balaban J connectivity index is 1.81. The number of aromatic nitrogens is 3.